The lowest BCUT2D eigenvalue weighted by atomic mass is 9.99. The predicted octanol–water partition coefficient (Wildman–Crippen LogP) is 2.87. The fourth-order valence-electron chi connectivity index (χ4n) is 3.91. The number of hydrogen-bond acceptors (Lipinski definition) is 5. The van der Waals surface area contributed by atoms with Crippen LogP contribution in [-0.4, -0.2) is 34.1 Å². The molecule has 0 saturated carbocycles. The summed E-state index contributed by atoms with van der Waals surface area (Å²) in [6, 6.07) is 12.4. The summed E-state index contributed by atoms with van der Waals surface area (Å²) >= 11 is 0. The van der Waals surface area contributed by atoms with Crippen LogP contribution in [0.5, 0.6) is 5.75 Å². The maximum atomic E-state index is 14.2. The number of halogens is 1. The van der Waals surface area contributed by atoms with Gasteiger partial charge in [0.1, 0.15) is 28.5 Å². The maximum absolute atomic E-state index is 14.2. The lowest BCUT2D eigenvalue weighted by Crippen LogP contribution is -2.38. The summed E-state index contributed by atoms with van der Waals surface area (Å²) in [7, 11) is -3.78. The van der Waals surface area contributed by atoms with Crippen molar-refractivity contribution < 1.29 is 27.4 Å². The van der Waals surface area contributed by atoms with Gasteiger partial charge in [-0.15, -0.1) is 4.31 Å². The van der Waals surface area contributed by atoms with E-state index in [0.717, 1.165) is 0 Å². The number of para-hydroxylation sites is 1. The summed E-state index contributed by atoms with van der Waals surface area (Å²) in [6.45, 7) is 1.79. The lowest BCUT2D eigenvalue weighted by Gasteiger charge is -2.28. The second kappa shape index (κ2) is 7.27. The first-order valence-corrected chi connectivity index (χ1v) is 10.7. The minimum atomic E-state index is -3.78. The Balaban J connectivity index is 1.71. The molecule has 1 fully saturated rings. The number of carbonyl (C=O) groups is 1. The van der Waals surface area contributed by atoms with Crippen molar-refractivity contribution in [2.45, 2.75) is 24.8 Å². The van der Waals surface area contributed by atoms with Gasteiger partial charge >= 0.3 is 5.97 Å². The van der Waals surface area contributed by atoms with Crippen molar-refractivity contribution in [1.82, 2.24) is 4.31 Å². The molecule has 28 heavy (non-hydrogen) atoms. The molecule has 2 heterocycles. The van der Waals surface area contributed by atoms with E-state index in [-0.39, 0.29) is 24.7 Å². The average Bonchev–Trinajstić information content (AvgIpc) is 3.21. The van der Waals surface area contributed by atoms with Gasteiger partial charge in [-0.25, -0.2) is 4.39 Å². The van der Waals surface area contributed by atoms with Crippen LogP contribution in [0.1, 0.15) is 24.1 Å². The van der Waals surface area contributed by atoms with E-state index in [2.05, 4.69) is 0 Å². The molecule has 0 bridgehead atoms. The molecule has 4 atom stereocenters. The Morgan fingerprint density at radius 1 is 1.29 bits per heavy atom. The lowest BCUT2D eigenvalue weighted by molar-refractivity contribution is -0.149. The number of benzene rings is 2. The molecular formula is C20H20FNO5S. The molecule has 148 valence electrons. The third-order valence-electron chi connectivity index (χ3n) is 5.10. The van der Waals surface area contributed by atoms with Gasteiger partial charge in [-0.1, -0.05) is 46.7 Å². The van der Waals surface area contributed by atoms with Crippen molar-refractivity contribution in [2.24, 2.45) is 5.92 Å². The molecule has 0 N–H and O–H groups in total. The normalized spacial score (nSPS) is 25.5. The van der Waals surface area contributed by atoms with Gasteiger partial charge in [-0.05, 0) is 13.0 Å². The Hall–Kier alpha value is -2.29. The largest absolute Gasteiger partial charge is 0.597 e. The molecule has 0 amide bonds. The standard InChI is InChI=1S/C20H20FNO5S/c1-2-26-20(23)15-11-22(28(24,25)12-13-7-4-3-5-8-13)17-14-9-6-10-16(21)18(14)27-19(15)17/h3-10,15,17,19H,2,11-12H2,1H3/t15-,17+,19+/m1/s1. The van der Waals surface area contributed by atoms with Gasteiger partial charge in [0.15, 0.2) is 17.3 Å². The van der Waals surface area contributed by atoms with Crippen molar-refractivity contribution in [3.63, 3.8) is 0 Å². The van der Waals surface area contributed by atoms with Crippen molar-refractivity contribution in [3.05, 3.63) is 65.5 Å². The topological polar surface area (TPSA) is 78.9 Å². The SMILES string of the molecule is CCOC(=O)[C@@H]1CN([S+](=O)([O-])Cc2ccccc2)[C@H]2c3cccc(F)c3O[C@@H]12. The van der Waals surface area contributed by atoms with E-state index in [4.69, 9.17) is 9.47 Å². The van der Waals surface area contributed by atoms with E-state index in [0.29, 0.717) is 11.1 Å². The second-order valence-corrected chi connectivity index (χ2v) is 8.78. The maximum Gasteiger partial charge on any atom is 0.314 e. The molecule has 1 saturated heterocycles. The van der Waals surface area contributed by atoms with Crippen LogP contribution < -0.4 is 4.74 Å². The molecule has 0 aliphatic carbocycles. The smallest absolute Gasteiger partial charge is 0.314 e. The zero-order valence-corrected chi connectivity index (χ0v) is 16.1. The van der Waals surface area contributed by atoms with Crippen LogP contribution in [0.15, 0.2) is 48.5 Å². The fourth-order valence-corrected chi connectivity index (χ4v) is 5.65. The second-order valence-electron chi connectivity index (χ2n) is 6.86. The van der Waals surface area contributed by atoms with Gasteiger partial charge in [0.25, 0.3) is 0 Å². The van der Waals surface area contributed by atoms with Crippen LogP contribution in [0.25, 0.3) is 0 Å². The van der Waals surface area contributed by atoms with Gasteiger partial charge in [0.2, 0.25) is 0 Å². The summed E-state index contributed by atoms with van der Waals surface area (Å²) in [5, 5.41) is 0. The number of sulfonamides is 1. The number of hydrogen-bond donors (Lipinski definition) is 0. The highest BCUT2D eigenvalue weighted by Gasteiger charge is 2.58. The van der Waals surface area contributed by atoms with Crippen molar-refractivity contribution in [2.75, 3.05) is 13.2 Å². The van der Waals surface area contributed by atoms with Crippen LogP contribution in [0.3, 0.4) is 0 Å². The molecule has 1 unspecified atom stereocenters. The minimum Gasteiger partial charge on any atom is -0.597 e. The highest BCUT2D eigenvalue weighted by atomic mass is 32.3. The average molecular weight is 405 g/mol. The summed E-state index contributed by atoms with van der Waals surface area (Å²) in [5.74, 6) is -2.14. The Kier molecular flexibility index (Phi) is 4.95. The summed E-state index contributed by atoms with van der Waals surface area (Å²) in [6.07, 6.45) is -0.809. The molecule has 2 aliphatic heterocycles. The first-order valence-electron chi connectivity index (χ1n) is 9.07. The molecule has 6 nitrogen and oxygen atoms in total. The third-order valence-corrected chi connectivity index (χ3v) is 6.89. The van der Waals surface area contributed by atoms with E-state index in [9.17, 15) is 17.9 Å². The van der Waals surface area contributed by atoms with Gasteiger partial charge in [-0.3, -0.25) is 4.79 Å². The monoisotopic (exact) mass is 405 g/mol. The van der Waals surface area contributed by atoms with Crippen LogP contribution in [0.4, 0.5) is 4.39 Å². The first kappa shape index (κ1) is 19.0. The van der Waals surface area contributed by atoms with Gasteiger partial charge in [-0.2, -0.15) is 0 Å². The molecule has 4 rings (SSSR count). The minimum absolute atomic E-state index is 0.00593. The van der Waals surface area contributed by atoms with Crippen LogP contribution in [0, 0.1) is 11.7 Å². The summed E-state index contributed by atoms with van der Waals surface area (Å²) in [4.78, 5) is 12.4. The molecule has 0 spiro atoms. The number of fused-ring (bicyclic) bond motifs is 3. The third kappa shape index (κ3) is 3.21. The van der Waals surface area contributed by atoms with Crippen molar-refractivity contribution >= 4 is 16.4 Å². The highest BCUT2D eigenvalue weighted by molar-refractivity contribution is 7.94. The van der Waals surface area contributed by atoms with E-state index >= 15 is 0 Å². The number of esters is 1. The van der Waals surface area contributed by atoms with E-state index in [1.54, 1.807) is 37.3 Å². The molecule has 0 aromatic heterocycles. The molecular weight excluding hydrogens is 385 g/mol. The number of ether oxygens (including phenoxy) is 2. The van der Waals surface area contributed by atoms with E-state index < -0.39 is 40.2 Å². The number of carbonyl (C=O) groups excluding carboxylic acids is 1. The zero-order valence-electron chi connectivity index (χ0n) is 15.2. The molecule has 2 aromatic carbocycles. The number of nitrogens with zero attached hydrogens (tertiary/aromatic N) is 1. The van der Waals surface area contributed by atoms with Gasteiger partial charge in [0.05, 0.1) is 13.2 Å². The van der Waals surface area contributed by atoms with Crippen LogP contribution in [-0.2, 0) is 29.9 Å². The zero-order chi connectivity index (χ0) is 19.9. The molecule has 2 aromatic rings. The van der Waals surface area contributed by atoms with E-state index in [1.165, 1.54) is 16.4 Å². The van der Waals surface area contributed by atoms with Crippen molar-refractivity contribution in [1.29, 1.82) is 0 Å². The summed E-state index contributed by atoms with van der Waals surface area (Å²) in [5.41, 5.74) is 1.07. The summed E-state index contributed by atoms with van der Waals surface area (Å²) < 4.78 is 52.7. The Labute approximate surface area is 163 Å². The first-order chi connectivity index (χ1) is 13.4. The fraction of sp³-hybridized carbons (Fsp3) is 0.350. The molecule has 0 radical (unpaired) electrons. The van der Waals surface area contributed by atoms with Gasteiger partial charge < -0.3 is 14.0 Å². The highest BCUT2D eigenvalue weighted by Crippen LogP contribution is 2.50. The van der Waals surface area contributed by atoms with Crippen molar-refractivity contribution in [3.8, 4) is 5.75 Å². The molecule has 2 aliphatic rings. The Morgan fingerprint density at radius 3 is 2.75 bits per heavy atom. The number of rotatable bonds is 5. The quantitative estimate of drug-likeness (QED) is 0.565. The van der Waals surface area contributed by atoms with Crippen LogP contribution in [0.2, 0.25) is 0 Å². The Bertz CT molecular complexity index is 937. The Morgan fingerprint density at radius 2 is 2.04 bits per heavy atom. The van der Waals surface area contributed by atoms with Crippen LogP contribution >= 0.6 is 0 Å². The molecule has 8 heteroatoms. The van der Waals surface area contributed by atoms with Gasteiger partial charge in [0, 0.05) is 11.1 Å². The van der Waals surface area contributed by atoms with E-state index in [1.807, 2.05) is 6.07 Å². The predicted molar refractivity (Wildman–Crippen MR) is 99.4 cm³/mol.